The van der Waals surface area contributed by atoms with Gasteiger partial charge in [0.05, 0.1) is 19.6 Å². The minimum Gasteiger partial charge on any atom is -0.469 e. The zero-order valence-electron chi connectivity index (χ0n) is 15.2. The highest BCUT2D eigenvalue weighted by Crippen LogP contribution is 2.15. The first kappa shape index (κ1) is 19.7. The summed E-state index contributed by atoms with van der Waals surface area (Å²) in [4.78, 5) is 18.4. The molecule has 0 aromatic carbocycles. The molecule has 6 heteroatoms. The molecule has 0 radical (unpaired) electrons. The van der Waals surface area contributed by atoms with Crippen LogP contribution in [-0.4, -0.2) is 63.2 Å². The molecule has 1 fully saturated rings. The maximum atomic E-state index is 11.4. The monoisotopic (exact) mass is 326 g/mol. The molecular weight excluding hydrogens is 292 g/mol. The number of aliphatic imine (C=N–C) groups is 1. The van der Waals surface area contributed by atoms with Crippen molar-refractivity contribution in [3.8, 4) is 0 Å². The molecule has 1 heterocycles. The summed E-state index contributed by atoms with van der Waals surface area (Å²) in [6, 6.07) is 0. The largest absolute Gasteiger partial charge is 0.469 e. The minimum atomic E-state index is -0.219. The third-order valence-corrected chi connectivity index (χ3v) is 4.29. The molecule has 0 aromatic rings. The van der Waals surface area contributed by atoms with E-state index < -0.39 is 0 Å². The van der Waals surface area contributed by atoms with Crippen molar-refractivity contribution < 1.29 is 9.53 Å². The molecule has 0 saturated carbocycles. The molecule has 23 heavy (non-hydrogen) atoms. The fraction of sp³-hybridized carbons (Fsp3) is 0.882. The summed E-state index contributed by atoms with van der Waals surface area (Å²) >= 11 is 0. The van der Waals surface area contributed by atoms with Gasteiger partial charge in [-0.05, 0) is 51.7 Å². The van der Waals surface area contributed by atoms with E-state index in [2.05, 4.69) is 27.4 Å². The lowest BCUT2D eigenvalue weighted by atomic mass is 9.99. The van der Waals surface area contributed by atoms with Crippen LogP contribution >= 0.6 is 0 Å². The number of nitrogens with zero attached hydrogens (tertiary/aromatic N) is 2. The van der Waals surface area contributed by atoms with Crippen molar-refractivity contribution in [3.63, 3.8) is 0 Å². The third-order valence-electron chi connectivity index (χ3n) is 4.29. The van der Waals surface area contributed by atoms with Gasteiger partial charge in [-0.2, -0.15) is 0 Å². The van der Waals surface area contributed by atoms with E-state index in [0.29, 0.717) is 6.54 Å². The van der Waals surface area contributed by atoms with Gasteiger partial charge in [0, 0.05) is 13.1 Å². The van der Waals surface area contributed by atoms with E-state index >= 15 is 0 Å². The first-order valence-corrected chi connectivity index (χ1v) is 8.89. The summed E-state index contributed by atoms with van der Waals surface area (Å²) in [5.41, 5.74) is 0. The Morgan fingerprint density at radius 1 is 1.35 bits per heavy atom. The van der Waals surface area contributed by atoms with Crippen LogP contribution in [-0.2, 0) is 9.53 Å². The molecule has 1 rings (SSSR count). The number of ether oxygens (including phenoxy) is 1. The van der Waals surface area contributed by atoms with Gasteiger partial charge in [0.25, 0.3) is 0 Å². The lowest BCUT2D eigenvalue weighted by Gasteiger charge is -2.30. The van der Waals surface area contributed by atoms with Crippen LogP contribution in [0.1, 0.15) is 40.0 Å². The Morgan fingerprint density at radius 3 is 2.65 bits per heavy atom. The molecule has 0 aliphatic carbocycles. The Kier molecular flexibility index (Phi) is 9.67. The second kappa shape index (κ2) is 11.3. The van der Waals surface area contributed by atoms with Crippen molar-refractivity contribution in [2.45, 2.75) is 40.0 Å². The van der Waals surface area contributed by atoms with Gasteiger partial charge in [-0.25, -0.2) is 0 Å². The van der Waals surface area contributed by atoms with E-state index in [1.165, 1.54) is 33.0 Å². The quantitative estimate of drug-likeness (QED) is 0.306. The number of nitrogens with one attached hydrogen (secondary N) is 2. The summed E-state index contributed by atoms with van der Waals surface area (Å²) < 4.78 is 4.72. The summed E-state index contributed by atoms with van der Waals surface area (Å²) in [5.74, 6) is 1.22. The number of methoxy groups -OCH3 is 1. The molecule has 2 N–H and O–H groups in total. The maximum absolute atomic E-state index is 11.4. The highest BCUT2D eigenvalue weighted by Gasteiger charge is 2.15. The van der Waals surface area contributed by atoms with Crippen LogP contribution in [0.2, 0.25) is 0 Å². The normalized spacial score (nSPS) is 18.5. The molecule has 1 aliphatic rings. The summed E-state index contributed by atoms with van der Waals surface area (Å²) in [5, 5.41) is 6.55. The molecule has 6 nitrogen and oxygen atoms in total. The Hall–Kier alpha value is -1.30. The standard InChI is InChI=1S/C17H34N4O2/c1-5-18-17(20-13-15(3)16(22)23-4)19-9-6-10-21-11-7-14(2)8-12-21/h14-15H,5-13H2,1-4H3,(H2,18,19,20). The van der Waals surface area contributed by atoms with Crippen molar-refractivity contribution in [2.75, 3.05) is 46.4 Å². The molecule has 1 aliphatic heterocycles. The highest BCUT2D eigenvalue weighted by atomic mass is 16.5. The lowest BCUT2D eigenvalue weighted by Crippen LogP contribution is -2.40. The average Bonchev–Trinajstić information content (AvgIpc) is 2.56. The molecule has 0 spiro atoms. The number of carbonyl (C=O) groups is 1. The van der Waals surface area contributed by atoms with E-state index in [9.17, 15) is 4.79 Å². The van der Waals surface area contributed by atoms with Crippen molar-refractivity contribution in [2.24, 2.45) is 16.8 Å². The van der Waals surface area contributed by atoms with Crippen molar-refractivity contribution in [1.29, 1.82) is 0 Å². The highest BCUT2D eigenvalue weighted by molar-refractivity contribution is 5.80. The number of hydrogen-bond acceptors (Lipinski definition) is 4. The fourth-order valence-corrected chi connectivity index (χ4v) is 2.64. The number of esters is 1. The number of rotatable bonds is 8. The van der Waals surface area contributed by atoms with E-state index in [1.54, 1.807) is 0 Å². The van der Waals surface area contributed by atoms with Crippen LogP contribution in [0.5, 0.6) is 0 Å². The Morgan fingerprint density at radius 2 is 2.04 bits per heavy atom. The van der Waals surface area contributed by atoms with Gasteiger partial charge in [0.1, 0.15) is 0 Å². The summed E-state index contributed by atoms with van der Waals surface area (Å²) in [7, 11) is 1.41. The van der Waals surface area contributed by atoms with E-state index in [1.807, 2.05) is 13.8 Å². The van der Waals surface area contributed by atoms with E-state index in [-0.39, 0.29) is 11.9 Å². The van der Waals surface area contributed by atoms with Gasteiger partial charge in [-0.15, -0.1) is 0 Å². The zero-order chi connectivity index (χ0) is 17.1. The molecule has 1 saturated heterocycles. The molecule has 1 unspecified atom stereocenters. The maximum Gasteiger partial charge on any atom is 0.310 e. The molecular formula is C17H34N4O2. The minimum absolute atomic E-state index is 0.217. The predicted molar refractivity (Wildman–Crippen MR) is 94.6 cm³/mol. The Labute approximate surface area is 141 Å². The third kappa shape index (κ3) is 8.21. The first-order chi connectivity index (χ1) is 11.1. The predicted octanol–water partition coefficient (Wildman–Crippen LogP) is 1.47. The lowest BCUT2D eigenvalue weighted by molar-refractivity contribution is -0.144. The number of likely N-dealkylation sites (tertiary alicyclic amines) is 1. The van der Waals surface area contributed by atoms with Crippen LogP contribution in [0.15, 0.2) is 4.99 Å². The number of guanidine groups is 1. The van der Waals surface area contributed by atoms with Gasteiger partial charge in [0.15, 0.2) is 5.96 Å². The molecule has 1 atom stereocenters. The van der Waals surface area contributed by atoms with Crippen LogP contribution < -0.4 is 10.6 Å². The van der Waals surface area contributed by atoms with E-state index in [0.717, 1.165) is 37.9 Å². The summed E-state index contributed by atoms with van der Waals surface area (Å²) in [6.45, 7) is 11.9. The van der Waals surface area contributed by atoms with Crippen LogP contribution in [0, 0.1) is 11.8 Å². The SMILES string of the molecule is CCNC(=NCC(C)C(=O)OC)NCCCN1CCC(C)CC1. The smallest absolute Gasteiger partial charge is 0.310 e. The van der Waals surface area contributed by atoms with Crippen LogP contribution in [0.25, 0.3) is 0 Å². The second-order valence-corrected chi connectivity index (χ2v) is 6.45. The second-order valence-electron chi connectivity index (χ2n) is 6.45. The number of hydrogen-bond donors (Lipinski definition) is 2. The molecule has 0 amide bonds. The van der Waals surface area contributed by atoms with Crippen LogP contribution in [0.3, 0.4) is 0 Å². The zero-order valence-corrected chi connectivity index (χ0v) is 15.2. The van der Waals surface area contributed by atoms with Gasteiger partial charge >= 0.3 is 5.97 Å². The number of carbonyl (C=O) groups excluding carboxylic acids is 1. The van der Waals surface area contributed by atoms with Crippen molar-refractivity contribution >= 4 is 11.9 Å². The molecule has 0 aromatic heterocycles. The molecule has 0 bridgehead atoms. The fourth-order valence-electron chi connectivity index (χ4n) is 2.64. The van der Waals surface area contributed by atoms with Gasteiger partial charge in [0.2, 0.25) is 0 Å². The Balaban J connectivity index is 2.25. The van der Waals surface area contributed by atoms with Crippen LogP contribution in [0.4, 0.5) is 0 Å². The van der Waals surface area contributed by atoms with E-state index in [4.69, 9.17) is 4.74 Å². The average molecular weight is 326 g/mol. The summed E-state index contributed by atoms with van der Waals surface area (Å²) in [6.07, 6.45) is 3.75. The first-order valence-electron chi connectivity index (χ1n) is 8.89. The topological polar surface area (TPSA) is 66.0 Å². The number of piperidine rings is 1. The van der Waals surface area contributed by atoms with Gasteiger partial charge in [-0.1, -0.05) is 13.8 Å². The Bertz CT molecular complexity index is 366. The van der Waals surface area contributed by atoms with Gasteiger partial charge in [-0.3, -0.25) is 9.79 Å². The van der Waals surface area contributed by atoms with Crippen molar-refractivity contribution in [3.05, 3.63) is 0 Å². The van der Waals surface area contributed by atoms with Gasteiger partial charge < -0.3 is 20.3 Å². The van der Waals surface area contributed by atoms with Crippen molar-refractivity contribution in [1.82, 2.24) is 15.5 Å². The molecule has 134 valence electrons.